The van der Waals surface area contributed by atoms with E-state index in [9.17, 15) is 0 Å². The van der Waals surface area contributed by atoms with Gasteiger partial charge in [-0.2, -0.15) is 0 Å². The molecule has 0 radical (unpaired) electrons. The highest BCUT2D eigenvalue weighted by molar-refractivity contribution is 7.15. The third kappa shape index (κ3) is 2.86. The summed E-state index contributed by atoms with van der Waals surface area (Å²) in [4.78, 5) is 8.68. The lowest BCUT2D eigenvalue weighted by Gasteiger charge is -2.30. The van der Waals surface area contributed by atoms with Crippen LogP contribution in [0.4, 0.5) is 5.13 Å². The first-order valence-corrected chi connectivity index (χ1v) is 7.98. The van der Waals surface area contributed by atoms with E-state index in [0.717, 1.165) is 18.5 Å². The highest BCUT2D eigenvalue weighted by Crippen LogP contribution is 2.30. The van der Waals surface area contributed by atoms with Crippen LogP contribution in [0.15, 0.2) is 0 Å². The minimum Gasteiger partial charge on any atom is -0.348 e. The predicted octanol–water partition coefficient (Wildman–Crippen LogP) is 2.94. The van der Waals surface area contributed by atoms with Gasteiger partial charge in [-0.25, -0.2) is 4.98 Å². The highest BCUT2D eigenvalue weighted by Gasteiger charge is 2.23. The molecular formula is C14H23N3S. The second kappa shape index (κ2) is 5.17. The SMILES string of the molecule is Cc1nc(N2CCCC(C)C2)sc1CNC1CC1. The lowest BCUT2D eigenvalue weighted by atomic mass is 10.0. The van der Waals surface area contributed by atoms with Crippen LogP contribution in [0.1, 0.15) is 43.2 Å². The first kappa shape index (κ1) is 12.4. The monoisotopic (exact) mass is 265 g/mol. The molecule has 1 atom stereocenters. The van der Waals surface area contributed by atoms with E-state index in [0.29, 0.717) is 0 Å². The number of aryl methyl sites for hydroxylation is 1. The second-order valence-electron chi connectivity index (χ2n) is 5.85. The Morgan fingerprint density at radius 2 is 2.22 bits per heavy atom. The third-order valence-electron chi connectivity index (χ3n) is 3.94. The Balaban J connectivity index is 1.66. The van der Waals surface area contributed by atoms with Crippen LogP contribution in [-0.4, -0.2) is 24.1 Å². The number of thiazole rings is 1. The number of piperidine rings is 1. The maximum absolute atomic E-state index is 4.77. The van der Waals surface area contributed by atoms with Gasteiger partial charge in [0.2, 0.25) is 0 Å². The maximum Gasteiger partial charge on any atom is 0.185 e. The van der Waals surface area contributed by atoms with E-state index in [1.165, 1.54) is 54.5 Å². The van der Waals surface area contributed by atoms with Crippen molar-refractivity contribution in [1.82, 2.24) is 10.3 Å². The fourth-order valence-corrected chi connectivity index (χ4v) is 3.65. The molecule has 0 amide bonds. The molecule has 0 aromatic carbocycles. The second-order valence-corrected chi connectivity index (χ2v) is 6.92. The summed E-state index contributed by atoms with van der Waals surface area (Å²) in [5.41, 5.74) is 1.22. The molecule has 1 saturated heterocycles. The summed E-state index contributed by atoms with van der Waals surface area (Å²) in [5, 5.41) is 4.83. The molecule has 1 unspecified atom stereocenters. The van der Waals surface area contributed by atoms with E-state index >= 15 is 0 Å². The molecule has 0 bridgehead atoms. The van der Waals surface area contributed by atoms with Crippen molar-refractivity contribution < 1.29 is 0 Å². The molecule has 1 aromatic rings. The van der Waals surface area contributed by atoms with Crippen molar-refractivity contribution >= 4 is 16.5 Å². The Labute approximate surface area is 114 Å². The zero-order chi connectivity index (χ0) is 12.5. The average Bonchev–Trinajstić information content (AvgIpc) is 3.10. The molecule has 3 rings (SSSR count). The molecule has 2 fully saturated rings. The number of nitrogens with one attached hydrogen (secondary N) is 1. The fraction of sp³-hybridized carbons (Fsp3) is 0.786. The summed E-state index contributed by atoms with van der Waals surface area (Å²) in [6.07, 6.45) is 5.40. The van der Waals surface area contributed by atoms with Gasteiger partial charge >= 0.3 is 0 Å². The summed E-state index contributed by atoms with van der Waals surface area (Å²) in [7, 11) is 0. The number of anilines is 1. The molecule has 2 aliphatic rings. The minimum atomic E-state index is 0.782. The smallest absolute Gasteiger partial charge is 0.185 e. The van der Waals surface area contributed by atoms with Crippen LogP contribution in [-0.2, 0) is 6.54 Å². The number of aromatic nitrogens is 1. The Kier molecular flexibility index (Phi) is 3.57. The highest BCUT2D eigenvalue weighted by atomic mass is 32.1. The number of nitrogens with zero attached hydrogens (tertiary/aromatic N) is 2. The zero-order valence-corrected chi connectivity index (χ0v) is 12.2. The van der Waals surface area contributed by atoms with E-state index in [1.807, 2.05) is 11.3 Å². The molecule has 18 heavy (non-hydrogen) atoms. The quantitative estimate of drug-likeness (QED) is 0.907. The van der Waals surface area contributed by atoms with E-state index in [-0.39, 0.29) is 0 Å². The van der Waals surface area contributed by atoms with Crippen molar-refractivity contribution in [2.45, 2.75) is 52.1 Å². The Morgan fingerprint density at radius 1 is 1.39 bits per heavy atom. The van der Waals surface area contributed by atoms with Gasteiger partial charge in [0, 0.05) is 30.6 Å². The van der Waals surface area contributed by atoms with Gasteiger partial charge in [-0.05, 0) is 38.5 Å². The Morgan fingerprint density at radius 3 is 2.94 bits per heavy atom. The molecule has 1 aliphatic carbocycles. The lowest BCUT2D eigenvalue weighted by molar-refractivity contribution is 0.446. The van der Waals surface area contributed by atoms with E-state index < -0.39 is 0 Å². The summed E-state index contributed by atoms with van der Waals surface area (Å²) in [5.74, 6) is 0.816. The molecule has 100 valence electrons. The van der Waals surface area contributed by atoms with Crippen LogP contribution in [0.5, 0.6) is 0 Å². The van der Waals surface area contributed by atoms with Crippen molar-refractivity contribution in [3.63, 3.8) is 0 Å². The van der Waals surface area contributed by atoms with E-state index in [1.54, 1.807) is 0 Å². The predicted molar refractivity (Wildman–Crippen MR) is 77.3 cm³/mol. The van der Waals surface area contributed by atoms with E-state index in [4.69, 9.17) is 4.98 Å². The lowest BCUT2D eigenvalue weighted by Crippen LogP contribution is -2.34. The molecule has 1 saturated carbocycles. The van der Waals surface area contributed by atoms with Crippen LogP contribution in [0.2, 0.25) is 0 Å². The van der Waals surface area contributed by atoms with Gasteiger partial charge in [-0.3, -0.25) is 0 Å². The molecule has 1 aromatic heterocycles. The van der Waals surface area contributed by atoms with Gasteiger partial charge in [0.15, 0.2) is 5.13 Å². The molecule has 1 aliphatic heterocycles. The minimum absolute atomic E-state index is 0.782. The standard InChI is InChI=1S/C14H23N3S/c1-10-4-3-7-17(9-10)14-16-11(2)13(18-14)8-15-12-5-6-12/h10,12,15H,3-9H2,1-2H3. The van der Waals surface area contributed by atoms with Crippen molar-refractivity contribution in [3.8, 4) is 0 Å². The van der Waals surface area contributed by atoms with Gasteiger partial charge in [0.1, 0.15) is 0 Å². The van der Waals surface area contributed by atoms with Crippen LogP contribution in [0.25, 0.3) is 0 Å². The van der Waals surface area contributed by atoms with Gasteiger partial charge in [-0.1, -0.05) is 6.92 Å². The Bertz CT molecular complexity index is 411. The van der Waals surface area contributed by atoms with Crippen LogP contribution in [0.3, 0.4) is 0 Å². The van der Waals surface area contributed by atoms with Crippen LogP contribution in [0, 0.1) is 12.8 Å². The molecule has 0 spiro atoms. The third-order valence-corrected chi connectivity index (χ3v) is 5.16. The largest absolute Gasteiger partial charge is 0.348 e. The number of hydrogen-bond donors (Lipinski definition) is 1. The number of hydrogen-bond acceptors (Lipinski definition) is 4. The summed E-state index contributed by atoms with van der Waals surface area (Å²) >= 11 is 1.89. The van der Waals surface area contributed by atoms with Crippen molar-refractivity contribution in [3.05, 3.63) is 10.6 Å². The average molecular weight is 265 g/mol. The van der Waals surface area contributed by atoms with Gasteiger partial charge in [0.05, 0.1) is 5.69 Å². The van der Waals surface area contributed by atoms with Gasteiger partial charge in [-0.15, -0.1) is 11.3 Å². The van der Waals surface area contributed by atoms with Crippen LogP contribution >= 0.6 is 11.3 Å². The molecule has 1 N–H and O–H groups in total. The van der Waals surface area contributed by atoms with E-state index in [2.05, 4.69) is 24.1 Å². The topological polar surface area (TPSA) is 28.2 Å². The molecule has 2 heterocycles. The summed E-state index contributed by atoms with van der Waals surface area (Å²) < 4.78 is 0. The number of rotatable bonds is 4. The van der Waals surface area contributed by atoms with Gasteiger partial charge in [0.25, 0.3) is 0 Å². The summed E-state index contributed by atoms with van der Waals surface area (Å²) in [6, 6.07) is 0.782. The fourth-order valence-electron chi connectivity index (χ4n) is 2.60. The molecular weight excluding hydrogens is 242 g/mol. The first-order chi connectivity index (χ1) is 8.72. The molecule has 4 heteroatoms. The zero-order valence-electron chi connectivity index (χ0n) is 11.4. The van der Waals surface area contributed by atoms with Crippen molar-refractivity contribution in [2.24, 2.45) is 5.92 Å². The Hall–Kier alpha value is -0.610. The normalized spacial score (nSPS) is 24.6. The first-order valence-electron chi connectivity index (χ1n) is 7.17. The van der Waals surface area contributed by atoms with Gasteiger partial charge < -0.3 is 10.2 Å². The summed E-state index contributed by atoms with van der Waals surface area (Å²) in [6.45, 7) is 7.88. The maximum atomic E-state index is 4.77. The van der Waals surface area contributed by atoms with Crippen molar-refractivity contribution in [2.75, 3.05) is 18.0 Å². The van der Waals surface area contributed by atoms with Crippen molar-refractivity contribution in [1.29, 1.82) is 0 Å². The van der Waals surface area contributed by atoms with Crippen LogP contribution < -0.4 is 10.2 Å². The molecule has 3 nitrogen and oxygen atoms in total.